The predicted molar refractivity (Wildman–Crippen MR) is 115 cm³/mol. The van der Waals surface area contributed by atoms with Gasteiger partial charge in [-0.3, -0.25) is 9.69 Å². The van der Waals surface area contributed by atoms with E-state index in [1.165, 1.54) is 4.70 Å². The molecule has 2 saturated heterocycles. The second-order valence-corrected chi connectivity index (χ2v) is 9.89. The van der Waals surface area contributed by atoms with Crippen molar-refractivity contribution in [1.82, 2.24) is 24.9 Å². The molecule has 1 atom stereocenters. The minimum absolute atomic E-state index is 0.187. The average Bonchev–Trinajstić information content (AvgIpc) is 3.43. The van der Waals surface area contributed by atoms with Crippen molar-refractivity contribution in [2.45, 2.75) is 45.1 Å². The average molecular weight is 426 g/mol. The Morgan fingerprint density at radius 1 is 1.27 bits per heavy atom. The molecule has 1 amide bonds. The first-order valence-corrected chi connectivity index (χ1v) is 11.5. The van der Waals surface area contributed by atoms with E-state index in [0.29, 0.717) is 12.2 Å². The summed E-state index contributed by atoms with van der Waals surface area (Å²) in [5.74, 6) is 1.66. The highest BCUT2D eigenvalue weighted by atomic mass is 32.1. The molecule has 1 spiro atoms. The van der Waals surface area contributed by atoms with Crippen LogP contribution in [0.4, 0.5) is 0 Å². The predicted octanol–water partition coefficient (Wildman–Crippen LogP) is 3.61. The van der Waals surface area contributed by atoms with Gasteiger partial charge >= 0.3 is 0 Å². The highest BCUT2D eigenvalue weighted by Gasteiger charge is 2.46. The number of likely N-dealkylation sites (tertiary alicyclic amines) is 2. The standard InChI is InChI=1S/C22H27N5O2S/c1-15-23-21(29-25-15)17-13-22(14-26(17)2)9-11-27(12-10-22)20(28)8-7-19-24-16-5-3-4-6-18(16)30-19/h3-6,17H,7-14H2,1-2H3. The van der Waals surface area contributed by atoms with E-state index in [9.17, 15) is 4.79 Å². The first-order chi connectivity index (χ1) is 14.5. The summed E-state index contributed by atoms with van der Waals surface area (Å²) in [5, 5.41) is 5.00. The molecule has 8 heteroatoms. The summed E-state index contributed by atoms with van der Waals surface area (Å²) in [6, 6.07) is 8.34. The van der Waals surface area contributed by atoms with Crippen LogP contribution in [0.25, 0.3) is 10.2 Å². The van der Waals surface area contributed by atoms with E-state index in [1.54, 1.807) is 11.3 Å². The molecule has 4 heterocycles. The molecule has 0 aliphatic carbocycles. The SMILES string of the molecule is Cc1noc(C2CC3(CCN(C(=O)CCc4nc5ccccc5s4)CC3)CN2C)n1. The van der Waals surface area contributed by atoms with E-state index in [1.807, 2.05) is 30.0 Å². The molecular weight excluding hydrogens is 398 g/mol. The smallest absolute Gasteiger partial charge is 0.243 e. The van der Waals surface area contributed by atoms with Crippen molar-refractivity contribution in [2.24, 2.45) is 5.41 Å². The van der Waals surface area contributed by atoms with E-state index in [-0.39, 0.29) is 17.4 Å². The zero-order chi connectivity index (χ0) is 20.7. The molecule has 7 nitrogen and oxygen atoms in total. The zero-order valence-electron chi connectivity index (χ0n) is 17.5. The molecule has 158 valence electrons. The molecular formula is C22H27N5O2S. The number of rotatable bonds is 4. The molecule has 0 N–H and O–H groups in total. The van der Waals surface area contributed by atoms with Crippen LogP contribution in [0.2, 0.25) is 0 Å². The summed E-state index contributed by atoms with van der Waals surface area (Å²) in [7, 11) is 2.13. The number of hydrogen-bond acceptors (Lipinski definition) is 7. The molecule has 2 aliphatic heterocycles. The molecule has 2 fully saturated rings. The minimum Gasteiger partial charge on any atom is -0.343 e. The summed E-state index contributed by atoms with van der Waals surface area (Å²) < 4.78 is 6.63. The number of hydrogen-bond donors (Lipinski definition) is 0. The zero-order valence-corrected chi connectivity index (χ0v) is 18.3. The lowest BCUT2D eigenvalue weighted by Gasteiger charge is -2.39. The first kappa shape index (κ1) is 19.6. The fourth-order valence-electron chi connectivity index (χ4n) is 4.99. The van der Waals surface area contributed by atoms with Crippen LogP contribution in [0, 0.1) is 12.3 Å². The normalized spacial score (nSPS) is 21.7. The van der Waals surface area contributed by atoms with Gasteiger partial charge in [-0.15, -0.1) is 11.3 Å². The quantitative estimate of drug-likeness (QED) is 0.636. The number of thiazole rings is 1. The summed E-state index contributed by atoms with van der Waals surface area (Å²) in [4.78, 5) is 26.3. The van der Waals surface area contributed by atoms with Crippen LogP contribution in [0.15, 0.2) is 28.8 Å². The second kappa shape index (κ2) is 7.74. The van der Waals surface area contributed by atoms with Crippen LogP contribution in [0.5, 0.6) is 0 Å². The monoisotopic (exact) mass is 425 g/mol. The molecule has 2 aliphatic rings. The maximum Gasteiger partial charge on any atom is 0.243 e. The van der Waals surface area contributed by atoms with Gasteiger partial charge in [-0.2, -0.15) is 4.98 Å². The molecule has 30 heavy (non-hydrogen) atoms. The fourth-order valence-corrected chi connectivity index (χ4v) is 5.95. The van der Waals surface area contributed by atoms with Gasteiger partial charge in [0.2, 0.25) is 11.8 Å². The number of para-hydroxylation sites is 1. The third kappa shape index (κ3) is 3.74. The summed E-state index contributed by atoms with van der Waals surface area (Å²) in [5.41, 5.74) is 1.27. The Kier molecular flexibility index (Phi) is 5.06. The van der Waals surface area contributed by atoms with Crippen LogP contribution in [-0.4, -0.2) is 57.5 Å². The number of nitrogens with zero attached hydrogens (tertiary/aromatic N) is 5. The molecule has 1 unspecified atom stereocenters. The van der Waals surface area contributed by atoms with Crippen LogP contribution in [0.3, 0.4) is 0 Å². The fraction of sp³-hybridized carbons (Fsp3) is 0.545. The number of aryl methyl sites for hydroxylation is 2. The number of benzene rings is 1. The minimum atomic E-state index is 0.187. The Hall–Kier alpha value is -2.32. The van der Waals surface area contributed by atoms with Gasteiger partial charge in [0.15, 0.2) is 5.82 Å². The van der Waals surface area contributed by atoms with Gasteiger partial charge in [0.1, 0.15) is 0 Å². The number of carbonyl (C=O) groups is 1. The number of aromatic nitrogens is 3. The Balaban J connectivity index is 1.16. The highest BCUT2D eigenvalue weighted by Crippen LogP contribution is 2.48. The summed E-state index contributed by atoms with van der Waals surface area (Å²) in [6.45, 7) is 4.55. The summed E-state index contributed by atoms with van der Waals surface area (Å²) in [6.07, 6.45) is 4.36. The molecule has 5 rings (SSSR count). The Morgan fingerprint density at radius 3 is 2.80 bits per heavy atom. The molecule has 3 aromatic rings. The van der Waals surface area contributed by atoms with Gasteiger partial charge in [0, 0.05) is 32.5 Å². The van der Waals surface area contributed by atoms with Gasteiger partial charge in [0.25, 0.3) is 0 Å². The third-order valence-corrected chi connectivity index (χ3v) is 7.74. The van der Waals surface area contributed by atoms with Gasteiger partial charge in [0.05, 0.1) is 21.3 Å². The van der Waals surface area contributed by atoms with Gasteiger partial charge in [-0.05, 0) is 50.8 Å². The van der Waals surface area contributed by atoms with E-state index < -0.39 is 0 Å². The van der Waals surface area contributed by atoms with Crippen molar-refractivity contribution in [3.8, 4) is 0 Å². The largest absolute Gasteiger partial charge is 0.343 e. The van der Waals surface area contributed by atoms with Crippen molar-refractivity contribution in [1.29, 1.82) is 0 Å². The Morgan fingerprint density at radius 2 is 2.07 bits per heavy atom. The van der Waals surface area contributed by atoms with E-state index in [0.717, 1.165) is 61.7 Å². The lowest BCUT2D eigenvalue weighted by molar-refractivity contribution is -0.133. The van der Waals surface area contributed by atoms with Crippen LogP contribution < -0.4 is 0 Å². The maximum absolute atomic E-state index is 12.8. The summed E-state index contributed by atoms with van der Waals surface area (Å²) >= 11 is 1.69. The Labute approximate surface area is 180 Å². The van der Waals surface area contributed by atoms with Gasteiger partial charge in [-0.25, -0.2) is 4.98 Å². The number of carbonyl (C=O) groups excluding carboxylic acids is 1. The molecule has 0 saturated carbocycles. The van der Waals surface area contributed by atoms with E-state index in [2.05, 4.69) is 33.1 Å². The molecule has 0 radical (unpaired) electrons. The number of fused-ring (bicyclic) bond motifs is 1. The number of amides is 1. The lowest BCUT2D eigenvalue weighted by atomic mass is 9.76. The van der Waals surface area contributed by atoms with Crippen molar-refractivity contribution < 1.29 is 9.32 Å². The first-order valence-electron chi connectivity index (χ1n) is 10.6. The van der Waals surface area contributed by atoms with Crippen molar-refractivity contribution in [2.75, 3.05) is 26.7 Å². The van der Waals surface area contributed by atoms with E-state index >= 15 is 0 Å². The van der Waals surface area contributed by atoms with E-state index in [4.69, 9.17) is 4.52 Å². The molecule has 2 aromatic heterocycles. The third-order valence-electron chi connectivity index (χ3n) is 6.64. The topological polar surface area (TPSA) is 75.4 Å². The van der Waals surface area contributed by atoms with Crippen LogP contribution in [0.1, 0.15) is 48.4 Å². The number of piperidine rings is 1. The highest BCUT2D eigenvalue weighted by molar-refractivity contribution is 7.18. The van der Waals surface area contributed by atoms with Crippen LogP contribution >= 0.6 is 11.3 Å². The second-order valence-electron chi connectivity index (χ2n) is 8.77. The van der Waals surface area contributed by atoms with Gasteiger partial charge < -0.3 is 9.42 Å². The van der Waals surface area contributed by atoms with Crippen molar-refractivity contribution in [3.63, 3.8) is 0 Å². The lowest BCUT2D eigenvalue weighted by Crippen LogP contribution is -2.44. The molecule has 1 aromatic carbocycles. The van der Waals surface area contributed by atoms with Crippen LogP contribution in [-0.2, 0) is 11.2 Å². The Bertz CT molecular complexity index is 1020. The maximum atomic E-state index is 12.8. The van der Waals surface area contributed by atoms with Gasteiger partial charge in [-0.1, -0.05) is 17.3 Å². The van der Waals surface area contributed by atoms with Crippen molar-refractivity contribution in [3.05, 3.63) is 41.0 Å². The van der Waals surface area contributed by atoms with Crippen molar-refractivity contribution >= 4 is 27.5 Å². The molecule has 0 bridgehead atoms.